The Hall–Kier alpha value is -3.67. The Kier molecular flexibility index (Phi) is 7.69. The predicted molar refractivity (Wildman–Crippen MR) is 143 cm³/mol. The van der Waals surface area contributed by atoms with E-state index in [1.54, 1.807) is 12.1 Å². The van der Waals surface area contributed by atoms with E-state index in [1.165, 1.54) is 32.6 Å². The summed E-state index contributed by atoms with van der Waals surface area (Å²) in [4.78, 5) is 0. The molecule has 1 nitrogen and oxygen atoms in total. The SMILES string of the molecule is Cc1ccc(P(c2ccccc2)c2ccc(O)cc2)cc1.c1ccc(-c2ccccc2)cc1. The lowest BCUT2D eigenvalue weighted by atomic mass is 10.1. The van der Waals surface area contributed by atoms with Crippen molar-refractivity contribution in [2.24, 2.45) is 0 Å². The number of hydrogen-bond acceptors (Lipinski definition) is 1. The van der Waals surface area contributed by atoms with E-state index in [1.807, 2.05) is 30.3 Å². The lowest BCUT2D eigenvalue weighted by Gasteiger charge is -2.19. The fraction of sp³-hybridized carbons (Fsp3) is 0.0323. The van der Waals surface area contributed by atoms with Crippen molar-refractivity contribution in [1.82, 2.24) is 0 Å². The van der Waals surface area contributed by atoms with E-state index < -0.39 is 7.92 Å². The Morgan fingerprint density at radius 1 is 0.424 bits per heavy atom. The van der Waals surface area contributed by atoms with Gasteiger partial charge >= 0.3 is 0 Å². The van der Waals surface area contributed by atoms with E-state index in [0.29, 0.717) is 5.75 Å². The van der Waals surface area contributed by atoms with Gasteiger partial charge in [-0.3, -0.25) is 0 Å². The number of benzene rings is 5. The maximum atomic E-state index is 9.52. The zero-order valence-corrected chi connectivity index (χ0v) is 19.6. The van der Waals surface area contributed by atoms with Crippen LogP contribution in [-0.2, 0) is 0 Å². The highest BCUT2D eigenvalue weighted by molar-refractivity contribution is 7.79. The Morgan fingerprint density at radius 2 is 0.788 bits per heavy atom. The Balaban J connectivity index is 0.000000183. The van der Waals surface area contributed by atoms with Gasteiger partial charge in [0, 0.05) is 0 Å². The lowest BCUT2D eigenvalue weighted by molar-refractivity contribution is 0.475. The minimum Gasteiger partial charge on any atom is -0.508 e. The molecule has 0 aliphatic rings. The number of hydrogen-bond donors (Lipinski definition) is 1. The smallest absolute Gasteiger partial charge is 0.115 e. The number of phenols is 1. The average Bonchev–Trinajstić information content (AvgIpc) is 2.89. The molecule has 5 aromatic rings. The summed E-state index contributed by atoms with van der Waals surface area (Å²) >= 11 is 0. The third-order valence-electron chi connectivity index (χ3n) is 5.30. The van der Waals surface area contributed by atoms with Crippen molar-refractivity contribution in [3.05, 3.63) is 145 Å². The van der Waals surface area contributed by atoms with Gasteiger partial charge in [-0.25, -0.2) is 0 Å². The van der Waals surface area contributed by atoms with Gasteiger partial charge in [0.2, 0.25) is 0 Å². The molecule has 0 amide bonds. The molecule has 162 valence electrons. The van der Waals surface area contributed by atoms with Crippen LogP contribution < -0.4 is 15.9 Å². The fourth-order valence-corrected chi connectivity index (χ4v) is 5.84. The van der Waals surface area contributed by atoms with Gasteiger partial charge in [0.05, 0.1) is 0 Å². The molecule has 0 aliphatic heterocycles. The van der Waals surface area contributed by atoms with Crippen molar-refractivity contribution in [2.75, 3.05) is 0 Å². The molecule has 0 aliphatic carbocycles. The van der Waals surface area contributed by atoms with Gasteiger partial charge in [0.15, 0.2) is 0 Å². The summed E-state index contributed by atoms with van der Waals surface area (Å²) in [7, 11) is -0.582. The molecule has 0 aromatic heterocycles. The highest BCUT2D eigenvalue weighted by atomic mass is 31.1. The summed E-state index contributed by atoms with van der Waals surface area (Å²) in [5.74, 6) is 0.311. The van der Waals surface area contributed by atoms with Crippen LogP contribution in [0.1, 0.15) is 5.56 Å². The standard InChI is InChI=1S/C19H17OP.C12H10/c1-15-7-11-18(12-8-15)21(17-5-3-2-4-6-17)19-13-9-16(20)10-14-19;1-3-7-11(8-4-1)12-9-5-2-6-10-12/h2-14,20H,1H3;1-10H. The molecule has 0 saturated heterocycles. The quantitative estimate of drug-likeness (QED) is 0.301. The molecular formula is C31H27OP. The topological polar surface area (TPSA) is 20.2 Å². The maximum absolute atomic E-state index is 9.52. The molecule has 1 atom stereocenters. The minimum absolute atomic E-state index is 0.311. The number of phenolic OH excluding ortho intramolecular Hbond substituents is 1. The van der Waals surface area contributed by atoms with Crippen LogP contribution in [-0.4, -0.2) is 5.11 Å². The number of aromatic hydroxyl groups is 1. The first-order valence-electron chi connectivity index (χ1n) is 11.0. The van der Waals surface area contributed by atoms with Crippen LogP contribution in [0, 0.1) is 6.92 Å². The molecule has 1 unspecified atom stereocenters. The summed E-state index contributed by atoms with van der Waals surface area (Å²) in [6.45, 7) is 2.11. The van der Waals surface area contributed by atoms with E-state index in [2.05, 4.69) is 104 Å². The van der Waals surface area contributed by atoms with Crippen molar-refractivity contribution >= 4 is 23.8 Å². The first kappa shape index (κ1) is 22.5. The van der Waals surface area contributed by atoms with Crippen molar-refractivity contribution in [1.29, 1.82) is 0 Å². The number of aryl methyl sites for hydroxylation is 1. The molecule has 0 bridgehead atoms. The molecule has 33 heavy (non-hydrogen) atoms. The maximum Gasteiger partial charge on any atom is 0.115 e. The molecule has 0 radical (unpaired) electrons. The predicted octanol–water partition coefficient (Wildman–Crippen LogP) is 6.81. The van der Waals surface area contributed by atoms with E-state index in [0.717, 1.165) is 0 Å². The van der Waals surface area contributed by atoms with Crippen LogP contribution in [0.5, 0.6) is 5.75 Å². The molecule has 1 N–H and O–H groups in total. The van der Waals surface area contributed by atoms with Gasteiger partial charge in [-0.2, -0.15) is 0 Å². The minimum atomic E-state index is -0.582. The first-order chi connectivity index (χ1) is 16.2. The molecule has 0 heterocycles. The van der Waals surface area contributed by atoms with Gasteiger partial charge in [-0.05, 0) is 54.0 Å². The summed E-state index contributed by atoms with van der Waals surface area (Å²) < 4.78 is 0. The van der Waals surface area contributed by atoms with Crippen molar-refractivity contribution in [2.45, 2.75) is 6.92 Å². The van der Waals surface area contributed by atoms with Crippen molar-refractivity contribution < 1.29 is 5.11 Å². The Morgan fingerprint density at radius 3 is 1.24 bits per heavy atom. The van der Waals surface area contributed by atoms with E-state index in [9.17, 15) is 5.11 Å². The molecule has 0 spiro atoms. The third kappa shape index (κ3) is 6.19. The lowest BCUT2D eigenvalue weighted by Crippen LogP contribution is -2.20. The molecular weight excluding hydrogens is 419 g/mol. The van der Waals surface area contributed by atoms with E-state index >= 15 is 0 Å². The highest BCUT2D eigenvalue weighted by Crippen LogP contribution is 2.33. The monoisotopic (exact) mass is 446 g/mol. The van der Waals surface area contributed by atoms with Crippen LogP contribution in [0.25, 0.3) is 11.1 Å². The molecule has 5 aromatic carbocycles. The van der Waals surface area contributed by atoms with Crippen LogP contribution in [0.2, 0.25) is 0 Å². The molecule has 2 heteroatoms. The van der Waals surface area contributed by atoms with Crippen LogP contribution in [0.15, 0.2) is 140 Å². The summed E-state index contributed by atoms with van der Waals surface area (Å²) in [6, 6.07) is 47.7. The van der Waals surface area contributed by atoms with Crippen LogP contribution in [0.4, 0.5) is 0 Å². The van der Waals surface area contributed by atoms with Crippen LogP contribution in [0.3, 0.4) is 0 Å². The number of rotatable bonds is 4. The van der Waals surface area contributed by atoms with Gasteiger partial charge in [-0.15, -0.1) is 0 Å². The average molecular weight is 447 g/mol. The summed E-state index contributed by atoms with van der Waals surface area (Å²) in [5.41, 5.74) is 3.82. The Bertz CT molecular complexity index is 1150. The fourth-order valence-electron chi connectivity index (χ4n) is 3.58. The van der Waals surface area contributed by atoms with Gasteiger partial charge in [0.25, 0.3) is 0 Å². The van der Waals surface area contributed by atoms with Gasteiger partial charge in [0.1, 0.15) is 5.75 Å². The molecule has 5 rings (SSSR count). The normalized spacial score (nSPS) is 11.2. The van der Waals surface area contributed by atoms with Gasteiger partial charge in [-0.1, -0.05) is 133 Å². The largest absolute Gasteiger partial charge is 0.508 e. The highest BCUT2D eigenvalue weighted by Gasteiger charge is 2.15. The van der Waals surface area contributed by atoms with Crippen LogP contribution >= 0.6 is 7.92 Å². The summed E-state index contributed by atoms with van der Waals surface area (Å²) in [6.07, 6.45) is 0. The van der Waals surface area contributed by atoms with Crippen molar-refractivity contribution in [3.8, 4) is 16.9 Å². The van der Waals surface area contributed by atoms with Gasteiger partial charge < -0.3 is 5.11 Å². The zero-order chi connectivity index (χ0) is 22.9. The second kappa shape index (κ2) is 11.3. The zero-order valence-electron chi connectivity index (χ0n) is 18.7. The second-order valence-corrected chi connectivity index (χ2v) is 9.97. The third-order valence-corrected chi connectivity index (χ3v) is 7.74. The Labute approximate surface area is 197 Å². The van der Waals surface area contributed by atoms with E-state index in [-0.39, 0.29) is 0 Å². The van der Waals surface area contributed by atoms with E-state index in [4.69, 9.17) is 0 Å². The molecule has 0 saturated carbocycles. The summed E-state index contributed by atoms with van der Waals surface area (Å²) in [5, 5.41) is 13.4. The first-order valence-corrected chi connectivity index (χ1v) is 12.4. The molecule has 0 fully saturated rings. The van der Waals surface area contributed by atoms with Crippen molar-refractivity contribution in [3.63, 3.8) is 0 Å². The second-order valence-electron chi connectivity index (χ2n) is 7.75.